The first-order valence-corrected chi connectivity index (χ1v) is 17.7. The summed E-state index contributed by atoms with van der Waals surface area (Å²) < 4.78 is 13.2. The summed E-state index contributed by atoms with van der Waals surface area (Å²) in [7, 11) is 2.14. The van der Waals surface area contributed by atoms with Crippen molar-refractivity contribution in [3.05, 3.63) is 131 Å². The number of carbonyl (C=O) groups excluding carboxylic acids is 1. The fraction of sp³-hybridized carbons (Fsp3) is 0.381. The standard InChI is InChI=1S/C42H50N2O6/c1-30(33-12-6-5-7-13-33)44(2)28-38-26-39(35-19-17-31(29-45)18-20-35)50-42(49-38)36-23-21-34(22-24-36)37-14-10-11-32(25-37)27-43-40(46)15-8-3-4-9-16-41(47)48/h5-7,10-14,17-25,30,38-39,42,45H,3-4,8-9,15-16,26-29H2,1-2H3,(H,43,46)(H,47,48)/t30-,38-,39+,42+/m0/s1. The second-order valence-corrected chi connectivity index (χ2v) is 13.3. The topological polar surface area (TPSA) is 108 Å². The van der Waals surface area contributed by atoms with Gasteiger partial charge in [0.2, 0.25) is 5.91 Å². The van der Waals surface area contributed by atoms with E-state index in [0.29, 0.717) is 19.4 Å². The Kier molecular flexibility index (Phi) is 13.7. The third-order valence-electron chi connectivity index (χ3n) is 9.53. The quantitative estimate of drug-likeness (QED) is 0.0968. The molecule has 0 bridgehead atoms. The molecule has 0 spiro atoms. The van der Waals surface area contributed by atoms with Crippen molar-refractivity contribution in [2.45, 2.75) is 89.6 Å². The van der Waals surface area contributed by atoms with Gasteiger partial charge in [0, 0.05) is 44.0 Å². The molecule has 0 radical (unpaired) electrons. The fourth-order valence-electron chi connectivity index (χ4n) is 6.40. The number of ether oxygens (including phenoxy) is 2. The van der Waals surface area contributed by atoms with Gasteiger partial charge in [-0.1, -0.05) is 110 Å². The van der Waals surface area contributed by atoms with E-state index >= 15 is 0 Å². The first kappa shape index (κ1) is 36.9. The van der Waals surface area contributed by atoms with Crippen LogP contribution in [-0.4, -0.2) is 46.7 Å². The molecule has 1 fully saturated rings. The van der Waals surface area contributed by atoms with Crippen LogP contribution in [0.4, 0.5) is 0 Å². The van der Waals surface area contributed by atoms with E-state index < -0.39 is 12.3 Å². The molecule has 264 valence electrons. The van der Waals surface area contributed by atoms with Gasteiger partial charge in [0.05, 0.1) is 18.8 Å². The van der Waals surface area contributed by atoms with Crippen LogP contribution in [-0.2, 0) is 32.2 Å². The van der Waals surface area contributed by atoms with Gasteiger partial charge in [0.25, 0.3) is 0 Å². The van der Waals surface area contributed by atoms with Gasteiger partial charge in [0.1, 0.15) is 0 Å². The maximum absolute atomic E-state index is 12.4. The van der Waals surface area contributed by atoms with Crippen LogP contribution in [0.3, 0.4) is 0 Å². The van der Waals surface area contributed by atoms with Crippen molar-refractivity contribution in [1.82, 2.24) is 10.2 Å². The SMILES string of the molecule is C[C@@H](c1ccccc1)N(C)C[C@@H]1C[C@H](c2ccc(CO)cc2)O[C@H](c2ccc(-c3cccc(CNC(=O)CCCCCCC(=O)O)c3)cc2)O1. The zero-order valence-electron chi connectivity index (χ0n) is 29.2. The smallest absolute Gasteiger partial charge is 0.303 e. The number of aliphatic carboxylic acids is 1. The summed E-state index contributed by atoms with van der Waals surface area (Å²) in [5.41, 5.74) is 7.28. The van der Waals surface area contributed by atoms with Crippen LogP contribution in [0.5, 0.6) is 0 Å². The number of nitrogens with one attached hydrogen (secondary N) is 1. The molecular weight excluding hydrogens is 628 g/mol. The molecule has 1 aliphatic heterocycles. The second-order valence-electron chi connectivity index (χ2n) is 13.3. The molecule has 4 aromatic carbocycles. The van der Waals surface area contributed by atoms with E-state index in [2.05, 4.69) is 84.9 Å². The predicted molar refractivity (Wildman–Crippen MR) is 195 cm³/mol. The number of nitrogens with zero attached hydrogens (tertiary/aromatic N) is 1. The molecule has 8 heteroatoms. The number of hydrogen-bond acceptors (Lipinski definition) is 6. The Labute approximate surface area is 296 Å². The summed E-state index contributed by atoms with van der Waals surface area (Å²) in [5, 5.41) is 21.3. The maximum Gasteiger partial charge on any atom is 0.303 e. The second kappa shape index (κ2) is 18.6. The number of carbonyl (C=O) groups is 2. The van der Waals surface area contributed by atoms with Crippen molar-refractivity contribution in [2.75, 3.05) is 13.6 Å². The van der Waals surface area contributed by atoms with Crippen molar-refractivity contribution in [3.8, 4) is 11.1 Å². The van der Waals surface area contributed by atoms with Crippen LogP contribution in [0.15, 0.2) is 103 Å². The minimum Gasteiger partial charge on any atom is -0.481 e. The monoisotopic (exact) mass is 678 g/mol. The number of aliphatic hydroxyl groups excluding tert-OH is 1. The van der Waals surface area contributed by atoms with Gasteiger partial charge in [-0.3, -0.25) is 14.5 Å². The van der Waals surface area contributed by atoms with Crippen LogP contribution in [0.2, 0.25) is 0 Å². The molecule has 8 nitrogen and oxygen atoms in total. The average molecular weight is 679 g/mol. The van der Waals surface area contributed by atoms with Crippen LogP contribution < -0.4 is 5.32 Å². The summed E-state index contributed by atoms with van der Waals surface area (Å²) >= 11 is 0. The van der Waals surface area contributed by atoms with Gasteiger partial charge < -0.3 is 25.0 Å². The molecular formula is C42H50N2O6. The zero-order valence-corrected chi connectivity index (χ0v) is 29.2. The summed E-state index contributed by atoms with van der Waals surface area (Å²) in [6.45, 7) is 3.42. The number of hydrogen-bond donors (Lipinski definition) is 3. The molecule has 1 aliphatic rings. The maximum atomic E-state index is 12.4. The number of carboxylic acids is 1. The third kappa shape index (κ3) is 10.8. The summed E-state index contributed by atoms with van der Waals surface area (Å²) in [6.07, 6.45) is 3.68. The van der Waals surface area contributed by atoms with Crippen LogP contribution in [0.25, 0.3) is 11.1 Å². The lowest BCUT2D eigenvalue weighted by Crippen LogP contribution is -2.38. The van der Waals surface area contributed by atoms with E-state index in [-0.39, 0.29) is 37.2 Å². The molecule has 5 rings (SSSR count). The van der Waals surface area contributed by atoms with Crippen molar-refractivity contribution >= 4 is 11.9 Å². The molecule has 4 aromatic rings. The number of amides is 1. The van der Waals surface area contributed by atoms with Crippen LogP contribution in [0, 0.1) is 0 Å². The Morgan fingerprint density at radius 2 is 1.50 bits per heavy atom. The van der Waals surface area contributed by atoms with E-state index in [0.717, 1.165) is 65.6 Å². The van der Waals surface area contributed by atoms with E-state index in [4.69, 9.17) is 14.6 Å². The molecule has 4 atom stereocenters. The Morgan fingerprint density at radius 1 is 0.800 bits per heavy atom. The van der Waals surface area contributed by atoms with Gasteiger partial charge in [-0.2, -0.15) is 0 Å². The average Bonchev–Trinajstić information content (AvgIpc) is 3.15. The van der Waals surface area contributed by atoms with Crippen LogP contribution in [0.1, 0.15) is 98.1 Å². The summed E-state index contributed by atoms with van der Waals surface area (Å²) in [6, 6.07) is 35.2. The van der Waals surface area contributed by atoms with E-state index in [1.165, 1.54) is 5.56 Å². The van der Waals surface area contributed by atoms with Crippen LogP contribution >= 0.6 is 0 Å². The van der Waals surface area contributed by atoms with Crippen molar-refractivity contribution in [1.29, 1.82) is 0 Å². The minimum absolute atomic E-state index is 0.00501. The van der Waals surface area contributed by atoms with E-state index in [9.17, 15) is 14.7 Å². The molecule has 50 heavy (non-hydrogen) atoms. The number of unbranched alkanes of at least 4 members (excludes halogenated alkanes) is 3. The molecule has 1 amide bonds. The number of aliphatic hydroxyl groups is 1. The zero-order chi connectivity index (χ0) is 35.3. The molecule has 0 unspecified atom stereocenters. The lowest BCUT2D eigenvalue weighted by molar-refractivity contribution is -0.253. The van der Waals surface area contributed by atoms with Gasteiger partial charge in [-0.15, -0.1) is 0 Å². The molecule has 1 saturated heterocycles. The highest BCUT2D eigenvalue weighted by atomic mass is 16.7. The van der Waals surface area contributed by atoms with Crippen molar-refractivity contribution < 1.29 is 29.3 Å². The molecule has 0 saturated carbocycles. The van der Waals surface area contributed by atoms with Gasteiger partial charge in [0.15, 0.2) is 6.29 Å². The molecule has 3 N–H and O–H groups in total. The van der Waals surface area contributed by atoms with E-state index in [1.54, 1.807) is 0 Å². The number of carboxylic acid groups (broad SMARTS) is 1. The highest BCUT2D eigenvalue weighted by Gasteiger charge is 2.33. The number of benzene rings is 4. The van der Waals surface area contributed by atoms with Crippen molar-refractivity contribution in [2.24, 2.45) is 0 Å². The van der Waals surface area contributed by atoms with Gasteiger partial charge >= 0.3 is 5.97 Å². The largest absolute Gasteiger partial charge is 0.481 e. The summed E-state index contributed by atoms with van der Waals surface area (Å²) in [4.78, 5) is 25.4. The lowest BCUT2D eigenvalue weighted by atomic mass is 9.98. The van der Waals surface area contributed by atoms with Gasteiger partial charge in [-0.25, -0.2) is 0 Å². The Morgan fingerprint density at radius 3 is 2.20 bits per heavy atom. The summed E-state index contributed by atoms with van der Waals surface area (Å²) in [5.74, 6) is -0.766. The van der Waals surface area contributed by atoms with Gasteiger partial charge in [-0.05, 0) is 66.3 Å². The Balaban J connectivity index is 1.22. The molecule has 0 aliphatic carbocycles. The first-order chi connectivity index (χ1) is 24.3. The van der Waals surface area contributed by atoms with Crippen molar-refractivity contribution in [3.63, 3.8) is 0 Å². The Bertz CT molecular complexity index is 1640. The number of rotatable bonds is 17. The lowest BCUT2D eigenvalue weighted by Gasteiger charge is -2.39. The molecule has 0 aromatic heterocycles. The highest BCUT2D eigenvalue weighted by molar-refractivity contribution is 5.76. The highest BCUT2D eigenvalue weighted by Crippen LogP contribution is 2.39. The fourth-order valence-corrected chi connectivity index (χ4v) is 6.40. The third-order valence-corrected chi connectivity index (χ3v) is 9.53. The normalized spacial score (nSPS) is 18.1. The van der Waals surface area contributed by atoms with E-state index in [1.807, 2.05) is 42.5 Å². The number of likely N-dealkylation sites (N-methyl/N-ethyl adjacent to an activating group) is 1. The Hall–Kier alpha value is -4.34. The minimum atomic E-state index is -0.772. The first-order valence-electron chi connectivity index (χ1n) is 17.7. The predicted octanol–water partition coefficient (Wildman–Crippen LogP) is 8.13. The molecule has 1 heterocycles.